The lowest BCUT2D eigenvalue weighted by atomic mass is 9.86. The maximum atomic E-state index is 13.7. The SMILES string of the molecule is CCCCCn1cc(CN2CC(=Cc3ccc(C(C)(C)C)cc3)C(=O)C(=Cc3ccc(C(C)(C)C)cc3)C2)nn1. The van der Waals surface area contributed by atoms with Crippen LogP contribution in [0.25, 0.3) is 12.2 Å². The highest BCUT2D eigenvalue weighted by Gasteiger charge is 2.27. The second kappa shape index (κ2) is 12.5. The molecule has 1 saturated heterocycles. The molecule has 3 aromatic rings. The average Bonchev–Trinajstić information content (AvgIpc) is 3.33. The summed E-state index contributed by atoms with van der Waals surface area (Å²) in [5, 5.41) is 8.78. The Kier molecular flexibility index (Phi) is 9.25. The Morgan fingerprint density at radius 2 is 1.27 bits per heavy atom. The van der Waals surface area contributed by atoms with Gasteiger partial charge in [-0.15, -0.1) is 5.10 Å². The largest absolute Gasteiger partial charge is 0.289 e. The molecule has 0 aliphatic carbocycles. The topological polar surface area (TPSA) is 51.0 Å². The summed E-state index contributed by atoms with van der Waals surface area (Å²) < 4.78 is 1.95. The lowest BCUT2D eigenvalue weighted by Crippen LogP contribution is -2.37. The van der Waals surface area contributed by atoms with Crippen LogP contribution in [0.4, 0.5) is 0 Å². The van der Waals surface area contributed by atoms with E-state index >= 15 is 0 Å². The van der Waals surface area contributed by atoms with Crippen molar-refractivity contribution in [2.75, 3.05) is 13.1 Å². The number of nitrogens with zero attached hydrogens (tertiary/aromatic N) is 4. The minimum absolute atomic E-state index is 0.0928. The number of rotatable bonds is 8. The highest BCUT2D eigenvalue weighted by molar-refractivity contribution is 6.14. The molecule has 40 heavy (non-hydrogen) atoms. The predicted octanol–water partition coefficient (Wildman–Crippen LogP) is 7.62. The first-order chi connectivity index (χ1) is 18.9. The molecule has 1 aliphatic rings. The summed E-state index contributed by atoms with van der Waals surface area (Å²) in [4.78, 5) is 16.0. The fourth-order valence-corrected chi connectivity index (χ4v) is 5.06. The molecule has 0 bridgehead atoms. The minimum Gasteiger partial charge on any atom is -0.289 e. The van der Waals surface area contributed by atoms with Gasteiger partial charge >= 0.3 is 0 Å². The van der Waals surface area contributed by atoms with E-state index in [1.165, 1.54) is 24.0 Å². The number of unbranched alkanes of at least 4 members (excludes halogenated alkanes) is 2. The Morgan fingerprint density at radius 3 is 1.73 bits per heavy atom. The Morgan fingerprint density at radius 1 is 0.775 bits per heavy atom. The van der Waals surface area contributed by atoms with Gasteiger partial charge in [0, 0.05) is 43.5 Å². The van der Waals surface area contributed by atoms with Crippen LogP contribution in [0.15, 0.2) is 65.9 Å². The van der Waals surface area contributed by atoms with E-state index in [0.29, 0.717) is 19.6 Å². The molecule has 0 saturated carbocycles. The number of likely N-dealkylation sites (tertiary alicyclic amines) is 1. The van der Waals surface area contributed by atoms with Crippen LogP contribution >= 0.6 is 0 Å². The predicted molar refractivity (Wildman–Crippen MR) is 166 cm³/mol. The highest BCUT2D eigenvalue weighted by Crippen LogP contribution is 2.27. The van der Waals surface area contributed by atoms with E-state index in [-0.39, 0.29) is 16.6 Å². The van der Waals surface area contributed by atoms with E-state index in [2.05, 4.69) is 131 Å². The normalized spacial score (nSPS) is 17.2. The lowest BCUT2D eigenvalue weighted by Gasteiger charge is -2.29. The molecular formula is C35H46N4O. The molecule has 1 aliphatic heterocycles. The maximum absolute atomic E-state index is 13.7. The van der Waals surface area contributed by atoms with E-state index in [1.807, 2.05) is 4.68 Å². The summed E-state index contributed by atoms with van der Waals surface area (Å²) >= 11 is 0. The summed E-state index contributed by atoms with van der Waals surface area (Å²) in [7, 11) is 0. The van der Waals surface area contributed by atoms with Crippen LogP contribution in [-0.2, 0) is 28.7 Å². The number of Topliss-reactive ketones (excluding diaryl/α,β-unsaturated/α-hetero) is 1. The summed E-state index contributed by atoms with van der Waals surface area (Å²) in [6.45, 7) is 18.2. The number of piperidine rings is 1. The zero-order valence-electron chi connectivity index (χ0n) is 25.5. The van der Waals surface area contributed by atoms with Gasteiger partial charge in [0.2, 0.25) is 0 Å². The Hall–Kier alpha value is -3.31. The first-order valence-electron chi connectivity index (χ1n) is 14.7. The number of carbonyl (C=O) groups is 1. The van der Waals surface area contributed by atoms with Gasteiger partial charge in [0.15, 0.2) is 5.78 Å². The first-order valence-corrected chi connectivity index (χ1v) is 14.7. The molecule has 5 nitrogen and oxygen atoms in total. The van der Waals surface area contributed by atoms with Crippen molar-refractivity contribution in [2.24, 2.45) is 0 Å². The van der Waals surface area contributed by atoms with Crippen LogP contribution in [0.3, 0.4) is 0 Å². The number of aryl methyl sites for hydroxylation is 1. The molecule has 5 heteroatoms. The second-order valence-electron chi connectivity index (χ2n) is 13.2. The zero-order chi connectivity index (χ0) is 28.9. The monoisotopic (exact) mass is 538 g/mol. The molecule has 0 spiro atoms. The van der Waals surface area contributed by atoms with Crippen LogP contribution in [0.2, 0.25) is 0 Å². The first kappa shape index (κ1) is 29.7. The Balaban J connectivity index is 1.61. The molecule has 0 unspecified atom stereocenters. The Labute approximate surface area is 241 Å². The van der Waals surface area contributed by atoms with Crippen LogP contribution < -0.4 is 0 Å². The van der Waals surface area contributed by atoms with E-state index in [9.17, 15) is 4.79 Å². The highest BCUT2D eigenvalue weighted by atomic mass is 16.1. The van der Waals surface area contributed by atoms with Gasteiger partial charge in [-0.1, -0.05) is 115 Å². The molecule has 0 amide bonds. The minimum atomic E-state index is 0.0928. The summed E-state index contributed by atoms with van der Waals surface area (Å²) in [6.07, 6.45) is 9.65. The number of ketones is 1. The standard InChI is InChI=1S/C35H46N4O/c1-8-9-10-19-39-25-32(36-37-39)24-38-22-28(20-26-11-15-30(16-12-26)34(2,3)4)33(40)29(23-38)21-27-13-17-31(18-14-27)35(5,6)7/h11-18,20-21,25H,8-10,19,22-24H2,1-7H3. The third-order valence-corrected chi connectivity index (χ3v) is 7.57. The number of hydrogen-bond acceptors (Lipinski definition) is 4. The number of aromatic nitrogens is 3. The van der Waals surface area contributed by atoms with Gasteiger partial charge in [-0.25, -0.2) is 0 Å². The van der Waals surface area contributed by atoms with Crippen LogP contribution in [-0.4, -0.2) is 38.8 Å². The smallest absolute Gasteiger partial charge is 0.187 e. The van der Waals surface area contributed by atoms with Gasteiger partial charge in [-0.2, -0.15) is 0 Å². The van der Waals surface area contributed by atoms with Crippen molar-refractivity contribution >= 4 is 17.9 Å². The van der Waals surface area contributed by atoms with Crippen molar-refractivity contribution in [3.05, 3.63) is 93.8 Å². The van der Waals surface area contributed by atoms with Crippen molar-refractivity contribution in [3.8, 4) is 0 Å². The van der Waals surface area contributed by atoms with Gasteiger partial charge in [0.05, 0.1) is 5.69 Å². The van der Waals surface area contributed by atoms with Crippen molar-refractivity contribution in [1.82, 2.24) is 19.9 Å². The van der Waals surface area contributed by atoms with Crippen LogP contribution in [0.1, 0.15) is 95.7 Å². The maximum Gasteiger partial charge on any atom is 0.187 e. The number of benzene rings is 2. The summed E-state index contributed by atoms with van der Waals surface area (Å²) in [5.74, 6) is 0.124. The second-order valence-corrected chi connectivity index (χ2v) is 13.2. The molecule has 0 radical (unpaired) electrons. The van der Waals surface area contributed by atoms with Crippen molar-refractivity contribution in [3.63, 3.8) is 0 Å². The van der Waals surface area contributed by atoms with Gasteiger partial charge < -0.3 is 0 Å². The molecule has 0 atom stereocenters. The molecular weight excluding hydrogens is 492 g/mol. The average molecular weight is 539 g/mol. The molecule has 0 N–H and O–H groups in total. The lowest BCUT2D eigenvalue weighted by molar-refractivity contribution is -0.113. The zero-order valence-corrected chi connectivity index (χ0v) is 25.5. The van der Waals surface area contributed by atoms with Gasteiger partial charge in [-0.3, -0.25) is 14.4 Å². The molecule has 212 valence electrons. The molecule has 1 fully saturated rings. The Bertz CT molecular complexity index is 1270. The molecule has 1 aromatic heterocycles. The van der Waals surface area contributed by atoms with Crippen molar-refractivity contribution in [1.29, 1.82) is 0 Å². The fraction of sp³-hybridized carbons (Fsp3) is 0.457. The molecule has 2 heterocycles. The summed E-state index contributed by atoms with van der Waals surface area (Å²) in [6, 6.07) is 17.2. The van der Waals surface area contributed by atoms with E-state index in [4.69, 9.17) is 0 Å². The van der Waals surface area contributed by atoms with Crippen LogP contribution in [0.5, 0.6) is 0 Å². The molecule has 2 aromatic carbocycles. The fourth-order valence-electron chi connectivity index (χ4n) is 5.06. The van der Waals surface area contributed by atoms with Crippen molar-refractivity contribution in [2.45, 2.75) is 91.6 Å². The van der Waals surface area contributed by atoms with Crippen molar-refractivity contribution < 1.29 is 4.79 Å². The summed E-state index contributed by atoms with van der Waals surface area (Å²) in [5.41, 5.74) is 7.41. The number of carbonyl (C=O) groups excluding carboxylic acids is 1. The van der Waals surface area contributed by atoms with Gasteiger partial charge in [-0.05, 0) is 51.7 Å². The third-order valence-electron chi connectivity index (χ3n) is 7.57. The van der Waals surface area contributed by atoms with E-state index < -0.39 is 0 Å². The quantitative estimate of drug-likeness (QED) is 0.219. The van der Waals surface area contributed by atoms with Gasteiger partial charge in [0.25, 0.3) is 0 Å². The third kappa shape index (κ3) is 7.88. The van der Waals surface area contributed by atoms with Gasteiger partial charge in [0.1, 0.15) is 0 Å². The molecule has 4 rings (SSSR count). The van der Waals surface area contributed by atoms with E-state index in [1.54, 1.807) is 0 Å². The number of hydrogen-bond donors (Lipinski definition) is 0. The van der Waals surface area contributed by atoms with Crippen LogP contribution in [0, 0.1) is 0 Å². The van der Waals surface area contributed by atoms with E-state index in [0.717, 1.165) is 40.9 Å².